The van der Waals surface area contributed by atoms with E-state index >= 15 is 0 Å². The van der Waals surface area contributed by atoms with Gasteiger partial charge in [0.05, 0.1) is 31.1 Å². The summed E-state index contributed by atoms with van der Waals surface area (Å²) in [5, 5.41) is 0. The molecule has 6 rings (SSSR count). The quantitative estimate of drug-likeness (QED) is 0.300. The van der Waals surface area contributed by atoms with E-state index in [1.807, 2.05) is 18.2 Å². The minimum atomic E-state index is -0.636. The van der Waals surface area contributed by atoms with Crippen LogP contribution in [0.1, 0.15) is 16.8 Å². The Morgan fingerprint density at radius 2 is 1.63 bits per heavy atom. The number of ether oxygens (including phenoxy) is 2. The van der Waals surface area contributed by atoms with Gasteiger partial charge in [0, 0.05) is 38.9 Å². The number of benzene rings is 1. The normalized spacial score (nSPS) is 27.1. The van der Waals surface area contributed by atoms with Crippen LogP contribution in [0, 0.1) is 23.7 Å². The summed E-state index contributed by atoms with van der Waals surface area (Å²) in [5.74, 6) is 0.618. The van der Waals surface area contributed by atoms with Crippen molar-refractivity contribution < 1.29 is 23.9 Å². The van der Waals surface area contributed by atoms with E-state index in [4.69, 9.17) is 9.47 Å². The van der Waals surface area contributed by atoms with Crippen molar-refractivity contribution in [3.05, 3.63) is 66.4 Å². The van der Waals surface area contributed by atoms with E-state index < -0.39 is 12.1 Å². The van der Waals surface area contributed by atoms with Crippen molar-refractivity contribution in [2.24, 2.45) is 23.7 Å². The highest BCUT2D eigenvalue weighted by Gasteiger charge is 2.59. The monoisotopic (exact) mass is 516 g/mol. The molecule has 2 aromatic rings. The number of anilines is 1. The fourth-order valence-electron chi connectivity index (χ4n) is 6.41. The van der Waals surface area contributed by atoms with Crippen LogP contribution in [0.3, 0.4) is 0 Å². The molecular weight excluding hydrogens is 484 g/mol. The molecule has 198 valence electrons. The molecule has 4 aliphatic rings. The van der Waals surface area contributed by atoms with Crippen LogP contribution in [0.2, 0.25) is 0 Å². The number of aromatic nitrogens is 1. The van der Waals surface area contributed by atoms with E-state index in [0.717, 1.165) is 38.4 Å². The number of methoxy groups -OCH3 is 1. The lowest BCUT2D eigenvalue weighted by molar-refractivity contribution is -0.142. The number of allylic oxidation sites excluding steroid dienone is 2. The van der Waals surface area contributed by atoms with Gasteiger partial charge in [-0.05, 0) is 54.7 Å². The van der Waals surface area contributed by atoms with E-state index in [1.165, 1.54) is 4.90 Å². The van der Waals surface area contributed by atoms with Crippen LogP contribution in [0.25, 0.3) is 0 Å². The van der Waals surface area contributed by atoms with Crippen molar-refractivity contribution in [3.8, 4) is 5.75 Å². The smallest absolute Gasteiger partial charge is 0.338 e. The van der Waals surface area contributed by atoms with Crippen molar-refractivity contribution in [1.82, 2.24) is 14.8 Å². The predicted octanol–water partition coefficient (Wildman–Crippen LogP) is 2.24. The number of hydrogen-bond donors (Lipinski definition) is 0. The highest BCUT2D eigenvalue weighted by Crippen LogP contribution is 2.52. The van der Waals surface area contributed by atoms with Gasteiger partial charge in [0.15, 0.2) is 0 Å². The summed E-state index contributed by atoms with van der Waals surface area (Å²) in [6, 6.07) is 12.6. The van der Waals surface area contributed by atoms with Crippen molar-refractivity contribution in [2.45, 2.75) is 12.5 Å². The number of likely N-dealkylation sites (tertiary alicyclic amines) is 1. The molecular formula is C29H32N4O5. The maximum absolute atomic E-state index is 13.3. The van der Waals surface area contributed by atoms with E-state index in [-0.39, 0.29) is 42.0 Å². The lowest BCUT2D eigenvalue weighted by Gasteiger charge is -2.37. The Balaban J connectivity index is 1.15. The summed E-state index contributed by atoms with van der Waals surface area (Å²) in [6.45, 7) is 3.61. The van der Waals surface area contributed by atoms with E-state index in [1.54, 1.807) is 37.6 Å². The SMILES string of the molecule is COc1ccc(C(=O)OC(CN2CCN(c3ccccn3)CC2)CN2C(=O)C3C4C=CC(C4)C3C2=O)cc1. The second-order valence-corrected chi connectivity index (χ2v) is 10.5. The number of rotatable bonds is 8. The average Bonchev–Trinajstić information content (AvgIpc) is 3.64. The fourth-order valence-corrected chi connectivity index (χ4v) is 6.41. The summed E-state index contributed by atoms with van der Waals surface area (Å²) >= 11 is 0. The number of carbonyl (C=O) groups is 3. The molecule has 3 fully saturated rings. The summed E-state index contributed by atoms with van der Waals surface area (Å²) in [5.41, 5.74) is 0.397. The third-order valence-electron chi connectivity index (χ3n) is 8.35. The molecule has 2 bridgehead atoms. The largest absolute Gasteiger partial charge is 0.497 e. The Hall–Kier alpha value is -3.72. The average molecular weight is 517 g/mol. The van der Waals surface area contributed by atoms with Gasteiger partial charge < -0.3 is 14.4 Å². The van der Waals surface area contributed by atoms with Gasteiger partial charge >= 0.3 is 5.97 Å². The van der Waals surface area contributed by atoms with Gasteiger partial charge in [-0.15, -0.1) is 0 Å². The molecule has 2 aliphatic carbocycles. The maximum atomic E-state index is 13.3. The van der Waals surface area contributed by atoms with E-state index in [9.17, 15) is 14.4 Å². The van der Waals surface area contributed by atoms with Crippen molar-refractivity contribution in [1.29, 1.82) is 0 Å². The van der Waals surface area contributed by atoms with Crippen molar-refractivity contribution in [2.75, 3.05) is 51.3 Å². The zero-order chi connectivity index (χ0) is 26.2. The number of esters is 1. The van der Waals surface area contributed by atoms with E-state index in [2.05, 4.69) is 26.9 Å². The molecule has 2 saturated heterocycles. The van der Waals surface area contributed by atoms with Crippen LogP contribution in [0.4, 0.5) is 5.82 Å². The predicted molar refractivity (Wildman–Crippen MR) is 140 cm³/mol. The van der Waals surface area contributed by atoms with Gasteiger partial charge in [-0.1, -0.05) is 18.2 Å². The molecule has 5 atom stereocenters. The molecule has 0 radical (unpaired) electrons. The Morgan fingerprint density at radius 3 is 2.24 bits per heavy atom. The Morgan fingerprint density at radius 1 is 0.947 bits per heavy atom. The molecule has 1 aromatic carbocycles. The Labute approximate surface area is 222 Å². The summed E-state index contributed by atoms with van der Waals surface area (Å²) in [4.78, 5) is 50.0. The van der Waals surface area contributed by atoms with Gasteiger partial charge in [-0.25, -0.2) is 9.78 Å². The van der Waals surface area contributed by atoms with Crippen LogP contribution >= 0.6 is 0 Å². The van der Waals surface area contributed by atoms with Crippen LogP contribution in [-0.4, -0.2) is 85.0 Å². The van der Waals surface area contributed by atoms with Crippen molar-refractivity contribution in [3.63, 3.8) is 0 Å². The first-order valence-corrected chi connectivity index (χ1v) is 13.3. The van der Waals surface area contributed by atoms with Gasteiger partial charge in [0.1, 0.15) is 17.7 Å². The maximum Gasteiger partial charge on any atom is 0.338 e. The first kappa shape index (κ1) is 24.6. The van der Waals surface area contributed by atoms with E-state index in [0.29, 0.717) is 17.9 Å². The zero-order valence-electron chi connectivity index (χ0n) is 21.4. The molecule has 2 amide bonds. The highest BCUT2D eigenvalue weighted by atomic mass is 16.5. The number of pyridine rings is 1. The van der Waals surface area contributed by atoms with Crippen molar-refractivity contribution >= 4 is 23.6 Å². The Kier molecular flexibility index (Phi) is 6.61. The number of carbonyl (C=O) groups excluding carboxylic acids is 3. The molecule has 0 spiro atoms. The molecule has 38 heavy (non-hydrogen) atoms. The number of piperazine rings is 1. The minimum absolute atomic E-state index is 0.0758. The van der Waals surface area contributed by atoms with Gasteiger partial charge in [0.2, 0.25) is 11.8 Å². The Bertz CT molecular complexity index is 1200. The van der Waals surface area contributed by atoms with Gasteiger partial charge in [0.25, 0.3) is 0 Å². The van der Waals surface area contributed by atoms with Gasteiger partial charge in [-0.3, -0.25) is 19.4 Å². The summed E-state index contributed by atoms with van der Waals surface area (Å²) in [7, 11) is 1.57. The summed E-state index contributed by atoms with van der Waals surface area (Å²) in [6.07, 6.45) is 6.21. The number of fused-ring (bicyclic) bond motifs is 5. The lowest BCUT2D eigenvalue weighted by atomic mass is 9.85. The molecule has 3 heterocycles. The number of nitrogens with zero attached hydrogens (tertiary/aromatic N) is 4. The highest BCUT2D eigenvalue weighted by molar-refractivity contribution is 6.06. The minimum Gasteiger partial charge on any atom is -0.497 e. The third-order valence-corrected chi connectivity index (χ3v) is 8.35. The first-order valence-electron chi connectivity index (χ1n) is 13.3. The molecule has 0 N–H and O–H groups in total. The lowest BCUT2D eigenvalue weighted by Crippen LogP contribution is -2.51. The first-order chi connectivity index (χ1) is 18.5. The molecule has 5 unspecified atom stereocenters. The third kappa shape index (κ3) is 4.55. The molecule has 9 heteroatoms. The van der Waals surface area contributed by atoms with Gasteiger partial charge in [-0.2, -0.15) is 0 Å². The number of hydrogen-bond acceptors (Lipinski definition) is 8. The standard InChI is InChI=1S/C29H32N4O5/c1-37-22-9-7-19(8-10-22)29(36)38-23(17-31-12-14-32(15-13-31)24-4-2-3-11-30-24)18-33-27(34)25-20-5-6-21(16-20)26(25)28(33)35/h2-11,20-21,23,25-26H,12-18H2,1H3. The van der Waals surface area contributed by atoms with Crippen LogP contribution in [-0.2, 0) is 14.3 Å². The van der Waals surface area contributed by atoms with Crippen LogP contribution < -0.4 is 9.64 Å². The van der Waals surface area contributed by atoms with Crippen LogP contribution in [0.15, 0.2) is 60.8 Å². The second-order valence-electron chi connectivity index (χ2n) is 10.5. The topological polar surface area (TPSA) is 92.3 Å². The zero-order valence-corrected chi connectivity index (χ0v) is 21.4. The molecule has 1 aromatic heterocycles. The number of amides is 2. The summed E-state index contributed by atoms with van der Waals surface area (Å²) < 4.78 is 11.2. The molecule has 2 aliphatic heterocycles. The molecule has 1 saturated carbocycles. The van der Waals surface area contributed by atoms with Crippen LogP contribution in [0.5, 0.6) is 5.75 Å². The number of imide groups is 1. The fraction of sp³-hybridized carbons (Fsp3) is 0.448. The second kappa shape index (κ2) is 10.2. The molecule has 9 nitrogen and oxygen atoms in total.